The maximum absolute atomic E-state index is 13.5. The zero-order chi connectivity index (χ0) is 23.3. The molecule has 1 aliphatic rings. The van der Waals surface area contributed by atoms with Gasteiger partial charge in [-0.1, -0.05) is 66.2 Å². The Bertz CT molecular complexity index is 1380. The van der Waals surface area contributed by atoms with Crippen molar-refractivity contribution in [1.29, 1.82) is 0 Å². The van der Waals surface area contributed by atoms with Gasteiger partial charge in [-0.15, -0.1) is 0 Å². The number of carbonyl (C=O) groups excluding carboxylic acids is 2. The van der Waals surface area contributed by atoms with Crippen molar-refractivity contribution in [2.75, 3.05) is 20.6 Å². The topological polar surface area (TPSA) is 45.6 Å². The molecule has 3 aromatic carbocycles. The third kappa shape index (κ3) is 3.32. The van der Waals surface area contributed by atoms with E-state index in [2.05, 4.69) is 54.9 Å². The Hall–Kier alpha value is -3.86. The lowest BCUT2D eigenvalue weighted by Crippen LogP contribution is -2.39. The van der Waals surface area contributed by atoms with Crippen molar-refractivity contribution in [3.05, 3.63) is 95.1 Å². The number of amides is 2. The minimum atomic E-state index is -0.347. The average molecular weight is 438 g/mol. The summed E-state index contributed by atoms with van der Waals surface area (Å²) in [7, 11) is 5.51. The van der Waals surface area contributed by atoms with Gasteiger partial charge in [0.05, 0.1) is 11.7 Å². The van der Waals surface area contributed by atoms with Crippen molar-refractivity contribution < 1.29 is 9.59 Å². The monoisotopic (exact) mass is 437 g/mol. The Morgan fingerprint density at radius 1 is 0.939 bits per heavy atom. The summed E-state index contributed by atoms with van der Waals surface area (Å²) in [5.41, 5.74) is 7.10. The van der Waals surface area contributed by atoms with Crippen molar-refractivity contribution >= 4 is 22.7 Å². The van der Waals surface area contributed by atoms with E-state index in [9.17, 15) is 9.59 Å². The molecule has 5 rings (SSSR count). The van der Waals surface area contributed by atoms with E-state index in [0.29, 0.717) is 5.56 Å². The van der Waals surface area contributed by atoms with E-state index in [-0.39, 0.29) is 24.4 Å². The molecule has 5 nitrogen and oxygen atoms in total. The molecule has 2 heterocycles. The molecule has 0 saturated carbocycles. The number of nitrogens with zero attached hydrogens (tertiary/aromatic N) is 3. The van der Waals surface area contributed by atoms with E-state index >= 15 is 0 Å². The van der Waals surface area contributed by atoms with Crippen LogP contribution in [0.1, 0.15) is 33.1 Å². The van der Waals surface area contributed by atoms with E-state index in [1.54, 1.807) is 19.0 Å². The fourth-order valence-corrected chi connectivity index (χ4v) is 4.89. The van der Waals surface area contributed by atoms with Crippen LogP contribution in [0.3, 0.4) is 0 Å². The molecule has 33 heavy (non-hydrogen) atoms. The number of hydrogen-bond acceptors (Lipinski definition) is 2. The Kier molecular flexibility index (Phi) is 5.05. The number of rotatable bonds is 4. The molecule has 0 bridgehead atoms. The first-order valence-corrected chi connectivity index (χ1v) is 11.1. The van der Waals surface area contributed by atoms with E-state index in [0.717, 1.165) is 33.3 Å². The zero-order valence-corrected chi connectivity index (χ0v) is 19.4. The van der Waals surface area contributed by atoms with Crippen molar-refractivity contribution in [1.82, 2.24) is 14.4 Å². The second kappa shape index (κ2) is 7.93. The Labute approximate surface area is 193 Å². The van der Waals surface area contributed by atoms with Gasteiger partial charge in [0.2, 0.25) is 5.91 Å². The number of fused-ring (bicyclic) bond motifs is 2. The molecule has 0 radical (unpaired) electrons. The summed E-state index contributed by atoms with van der Waals surface area (Å²) >= 11 is 0. The summed E-state index contributed by atoms with van der Waals surface area (Å²) in [5, 5.41) is 1.09. The van der Waals surface area contributed by atoms with Crippen molar-refractivity contribution in [2.45, 2.75) is 13.0 Å². The highest BCUT2D eigenvalue weighted by Crippen LogP contribution is 2.46. The summed E-state index contributed by atoms with van der Waals surface area (Å²) in [6.07, 6.45) is 0. The van der Waals surface area contributed by atoms with Gasteiger partial charge in [-0.25, -0.2) is 0 Å². The number of carbonyl (C=O) groups is 2. The van der Waals surface area contributed by atoms with Crippen LogP contribution < -0.4 is 0 Å². The van der Waals surface area contributed by atoms with Gasteiger partial charge in [-0.05, 0) is 30.2 Å². The van der Waals surface area contributed by atoms with Gasteiger partial charge in [0.1, 0.15) is 6.54 Å². The molecule has 1 atom stereocenters. The van der Waals surface area contributed by atoms with Gasteiger partial charge in [0, 0.05) is 43.2 Å². The minimum absolute atomic E-state index is 0.0295. The molecule has 0 saturated heterocycles. The van der Waals surface area contributed by atoms with Gasteiger partial charge in [-0.3, -0.25) is 9.59 Å². The summed E-state index contributed by atoms with van der Waals surface area (Å²) in [6, 6.07) is 24.1. The molecule has 4 aromatic rings. The van der Waals surface area contributed by atoms with Crippen molar-refractivity contribution in [2.24, 2.45) is 7.05 Å². The van der Waals surface area contributed by atoms with Crippen LogP contribution in [0.2, 0.25) is 0 Å². The van der Waals surface area contributed by atoms with Crippen LogP contribution >= 0.6 is 0 Å². The van der Waals surface area contributed by atoms with E-state index in [4.69, 9.17) is 0 Å². The number of aryl methyl sites for hydroxylation is 2. The Morgan fingerprint density at radius 3 is 2.33 bits per heavy atom. The average Bonchev–Trinajstić information content (AvgIpc) is 3.26. The molecule has 0 spiro atoms. The quantitative estimate of drug-likeness (QED) is 0.461. The molecule has 1 unspecified atom stereocenters. The molecular weight excluding hydrogens is 410 g/mol. The van der Waals surface area contributed by atoms with E-state index < -0.39 is 0 Å². The number of hydrogen-bond donors (Lipinski definition) is 0. The third-order valence-corrected chi connectivity index (χ3v) is 6.61. The van der Waals surface area contributed by atoms with E-state index in [1.165, 1.54) is 10.5 Å². The summed E-state index contributed by atoms with van der Waals surface area (Å²) in [6.45, 7) is 2.11. The fraction of sp³-hybridized carbons (Fsp3) is 0.214. The lowest BCUT2D eigenvalue weighted by atomic mass is 9.93. The normalized spacial score (nSPS) is 15.2. The Balaban J connectivity index is 1.81. The van der Waals surface area contributed by atoms with Crippen LogP contribution in [0, 0.1) is 6.92 Å². The predicted octanol–water partition coefficient (Wildman–Crippen LogP) is 4.79. The zero-order valence-electron chi connectivity index (χ0n) is 19.4. The van der Waals surface area contributed by atoms with Crippen molar-refractivity contribution in [3.8, 4) is 11.3 Å². The lowest BCUT2D eigenvalue weighted by molar-refractivity contribution is -0.129. The van der Waals surface area contributed by atoms with Crippen LogP contribution in [0.15, 0.2) is 72.8 Å². The van der Waals surface area contributed by atoms with Gasteiger partial charge >= 0.3 is 0 Å². The maximum Gasteiger partial charge on any atom is 0.255 e. The van der Waals surface area contributed by atoms with Crippen LogP contribution in [0.4, 0.5) is 0 Å². The van der Waals surface area contributed by atoms with Crippen molar-refractivity contribution in [3.63, 3.8) is 0 Å². The van der Waals surface area contributed by atoms with Gasteiger partial charge < -0.3 is 14.4 Å². The highest BCUT2D eigenvalue weighted by Gasteiger charge is 2.41. The fourth-order valence-electron chi connectivity index (χ4n) is 4.89. The first-order chi connectivity index (χ1) is 15.9. The van der Waals surface area contributed by atoms with Crippen LogP contribution in [0.25, 0.3) is 22.2 Å². The minimum Gasteiger partial charge on any atom is -0.347 e. The number of aromatic nitrogens is 1. The highest BCUT2D eigenvalue weighted by molar-refractivity contribution is 6.03. The molecule has 1 aromatic heterocycles. The number of likely N-dealkylation sites (N-methyl/N-ethyl adjacent to an activating group) is 1. The highest BCUT2D eigenvalue weighted by atomic mass is 16.2. The third-order valence-electron chi connectivity index (χ3n) is 6.61. The molecule has 0 aliphatic carbocycles. The van der Waals surface area contributed by atoms with Gasteiger partial charge in [-0.2, -0.15) is 0 Å². The Morgan fingerprint density at radius 2 is 1.61 bits per heavy atom. The number of benzene rings is 3. The summed E-state index contributed by atoms with van der Waals surface area (Å²) in [4.78, 5) is 29.6. The van der Waals surface area contributed by atoms with Gasteiger partial charge in [0.25, 0.3) is 5.91 Å². The summed E-state index contributed by atoms with van der Waals surface area (Å²) < 4.78 is 2.20. The first-order valence-electron chi connectivity index (χ1n) is 11.1. The SMILES string of the molecule is Cc1ccc(-c2c(C3c4ccccc4C(=O)N3CC(=O)N(C)C)c3ccccc3n2C)cc1. The van der Waals surface area contributed by atoms with E-state index in [1.807, 2.05) is 36.4 Å². The second-order valence-electron chi connectivity index (χ2n) is 8.92. The molecular formula is C28H27N3O2. The van der Waals surface area contributed by atoms with Gasteiger partial charge in [0.15, 0.2) is 0 Å². The van der Waals surface area contributed by atoms with Crippen LogP contribution in [-0.2, 0) is 11.8 Å². The van der Waals surface area contributed by atoms with Crippen LogP contribution in [0.5, 0.6) is 0 Å². The smallest absolute Gasteiger partial charge is 0.255 e. The summed E-state index contributed by atoms with van der Waals surface area (Å²) in [5.74, 6) is -0.202. The molecule has 5 heteroatoms. The molecule has 0 fully saturated rings. The molecule has 166 valence electrons. The maximum atomic E-state index is 13.5. The number of para-hydroxylation sites is 1. The predicted molar refractivity (Wildman–Crippen MR) is 131 cm³/mol. The largest absolute Gasteiger partial charge is 0.347 e. The molecule has 2 amide bonds. The molecule has 1 aliphatic heterocycles. The van der Waals surface area contributed by atoms with Crippen LogP contribution in [-0.4, -0.2) is 46.8 Å². The first kappa shape index (κ1) is 21.0. The second-order valence-corrected chi connectivity index (χ2v) is 8.92. The molecule has 0 N–H and O–H groups in total. The standard InChI is InChI=1S/C28H27N3O2/c1-18-13-15-19(16-14-18)26-25(22-11-7-8-12-23(22)30(26)4)27-20-9-5-6-10-21(20)28(33)31(27)17-24(32)29(2)3/h5-16,27H,17H2,1-4H3. The lowest BCUT2D eigenvalue weighted by Gasteiger charge is -2.27.